The molecule has 1 N–H and O–H groups in total. The number of hydrogen-bond donors (Lipinski definition) is 1. The number of carbonyl (C=O) groups is 1. The molecule has 7 heteroatoms. The van der Waals surface area contributed by atoms with Crippen LogP contribution in [0.5, 0.6) is 11.5 Å². The van der Waals surface area contributed by atoms with Crippen molar-refractivity contribution in [2.24, 2.45) is 0 Å². The minimum atomic E-state index is -0.533. The number of nitrogens with one attached hydrogen (secondary N) is 1. The van der Waals surface area contributed by atoms with E-state index in [0.717, 1.165) is 0 Å². The van der Waals surface area contributed by atoms with E-state index < -0.39 is 10.8 Å². The highest BCUT2D eigenvalue weighted by molar-refractivity contribution is 5.95. The van der Waals surface area contributed by atoms with Gasteiger partial charge in [0, 0.05) is 17.7 Å². The molecule has 1 aliphatic heterocycles. The molecular weight excluding hydrogens is 312 g/mol. The average Bonchev–Trinajstić information content (AvgIpc) is 2.61. The van der Waals surface area contributed by atoms with Crippen LogP contribution in [-0.4, -0.2) is 29.6 Å². The number of nitrogens with zero attached hydrogens (tertiary/aromatic N) is 1. The van der Waals surface area contributed by atoms with E-state index >= 15 is 0 Å². The molecule has 0 radical (unpaired) electrons. The SMILES string of the molecule is CC(NC(=O)c1cccc([N+](=O)[O-])c1)C1COc2ccccc2O1. The molecule has 0 fully saturated rings. The molecule has 0 bridgehead atoms. The van der Waals surface area contributed by atoms with Gasteiger partial charge in [-0.05, 0) is 25.1 Å². The van der Waals surface area contributed by atoms with E-state index in [2.05, 4.69) is 5.32 Å². The second-order valence-electron chi connectivity index (χ2n) is 5.48. The Balaban J connectivity index is 1.67. The molecule has 0 saturated heterocycles. The van der Waals surface area contributed by atoms with Crippen molar-refractivity contribution in [1.29, 1.82) is 0 Å². The van der Waals surface area contributed by atoms with Gasteiger partial charge >= 0.3 is 0 Å². The number of benzene rings is 2. The van der Waals surface area contributed by atoms with Gasteiger partial charge in [-0.15, -0.1) is 0 Å². The predicted molar refractivity (Wildman–Crippen MR) is 86.4 cm³/mol. The Labute approximate surface area is 138 Å². The Hall–Kier alpha value is -3.09. The molecule has 1 aliphatic rings. The van der Waals surface area contributed by atoms with Crippen molar-refractivity contribution < 1.29 is 19.2 Å². The van der Waals surface area contributed by atoms with Gasteiger partial charge in [0.15, 0.2) is 17.6 Å². The maximum absolute atomic E-state index is 12.3. The van der Waals surface area contributed by atoms with Gasteiger partial charge in [0.05, 0.1) is 11.0 Å². The topological polar surface area (TPSA) is 90.7 Å². The lowest BCUT2D eigenvalue weighted by atomic mass is 10.1. The third kappa shape index (κ3) is 3.29. The summed E-state index contributed by atoms with van der Waals surface area (Å²) < 4.78 is 11.5. The Bertz CT molecular complexity index is 777. The van der Waals surface area contributed by atoms with Gasteiger partial charge in [-0.3, -0.25) is 14.9 Å². The second-order valence-corrected chi connectivity index (χ2v) is 5.48. The van der Waals surface area contributed by atoms with E-state index in [1.165, 1.54) is 24.3 Å². The number of carbonyl (C=O) groups excluding carboxylic acids is 1. The summed E-state index contributed by atoms with van der Waals surface area (Å²) in [5, 5.41) is 13.6. The molecule has 24 heavy (non-hydrogen) atoms. The van der Waals surface area contributed by atoms with Gasteiger partial charge in [0.25, 0.3) is 11.6 Å². The zero-order valence-electron chi connectivity index (χ0n) is 13.0. The maximum atomic E-state index is 12.3. The Morgan fingerprint density at radius 3 is 2.75 bits per heavy atom. The van der Waals surface area contributed by atoms with Crippen molar-refractivity contribution in [3.05, 3.63) is 64.2 Å². The number of fused-ring (bicyclic) bond motifs is 1. The van der Waals surface area contributed by atoms with Gasteiger partial charge in [-0.25, -0.2) is 0 Å². The molecule has 124 valence electrons. The van der Waals surface area contributed by atoms with Crippen molar-refractivity contribution in [1.82, 2.24) is 5.32 Å². The molecular formula is C17H16N2O5. The zero-order chi connectivity index (χ0) is 17.1. The normalized spacial score (nSPS) is 17.0. The van der Waals surface area contributed by atoms with E-state index in [9.17, 15) is 14.9 Å². The highest BCUT2D eigenvalue weighted by Crippen LogP contribution is 2.31. The molecule has 2 unspecified atom stereocenters. The first-order valence-corrected chi connectivity index (χ1v) is 7.48. The zero-order valence-corrected chi connectivity index (χ0v) is 13.0. The predicted octanol–water partition coefficient (Wildman–Crippen LogP) is 2.55. The quantitative estimate of drug-likeness (QED) is 0.688. The lowest BCUT2D eigenvalue weighted by Gasteiger charge is -2.30. The Kier molecular flexibility index (Phi) is 4.33. The number of para-hydroxylation sites is 2. The average molecular weight is 328 g/mol. The maximum Gasteiger partial charge on any atom is 0.270 e. The van der Waals surface area contributed by atoms with Crippen LogP contribution in [0.4, 0.5) is 5.69 Å². The van der Waals surface area contributed by atoms with Crippen molar-refractivity contribution >= 4 is 11.6 Å². The fourth-order valence-corrected chi connectivity index (χ4v) is 2.43. The summed E-state index contributed by atoms with van der Waals surface area (Å²) in [6.07, 6.45) is -0.345. The highest BCUT2D eigenvalue weighted by atomic mass is 16.6. The smallest absolute Gasteiger partial charge is 0.270 e. The third-order valence-electron chi connectivity index (χ3n) is 3.77. The number of hydrogen-bond acceptors (Lipinski definition) is 5. The van der Waals surface area contributed by atoms with E-state index in [1.54, 1.807) is 13.0 Å². The number of ether oxygens (including phenoxy) is 2. The van der Waals surface area contributed by atoms with Gasteiger partial charge in [0.2, 0.25) is 0 Å². The molecule has 7 nitrogen and oxygen atoms in total. The molecule has 3 rings (SSSR count). The molecule has 2 aromatic carbocycles. The summed E-state index contributed by atoms with van der Waals surface area (Å²) in [7, 11) is 0. The number of nitro benzene ring substituents is 1. The first kappa shape index (κ1) is 15.8. The largest absolute Gasteiger partial charge is 0.486 e. The molecule has 0 aliphatic carbocycles. The van der Waals surface area contributed by atoms with E-state index in [4.69, 9.17) is 9.47 Å². The fourth-order valence-electron chi connectivity index (χ4n) is 2.43. The Morgan fingerprint density at radius 2 is 2.00 bits per heavy atom. The van der Waals surface area contributed by atoms with Gasteiger partial charge in [0.1, 0.15) is 6.61 Å². The molecule has 2 atom stereocenters. The molecule has 2 aromatic rings. The monoisotopic (exact) mass is 328 g/mol. The molecule has 0 spiro atoms. The van der Waals surface area contributed by atoms with Crippen LogP contribution in [0.1, 0.15) is 17.3 Å². The number of nitro groups is 1. The second kappa shape index (κ2) is 6.57. The van der Waals surface area contributed by atoms with Crippen molar-refractivity contribution in [2.75, 3.05) is 6.61 Å². The van der Waals surface area contributed by atoms with Crippen LogP contribution in [0.3, 0.4) is 0 Å². The Morgan fingerprint density at radius 1 is 1.25 bits per heavy atom. The highest BCUT2D eigenvalue weighted by Gasteiger charge is 2.27. The van der Waals surface area contributed by atoms with E-state index in [0.29, 0.717) is 18.1 Å². The minimum Gasteiger partial charge on any atom is -0.486 e. The van der Waals surface area contributed by atoms with E-state index in [-0.39, 0.29) is 23.4 Å². The van der Waals surface area contributed by atoms with Crippen molar-refractivity contribution in [3.63, 3.8) is 0 Å². The van der Waals surface area contributed by atoms with Crippen LogP contribution in [0.25, 0.3) is 0 Å². The molecule has 1 heterocycles. The van der Waals surface area contributed by atoms with Crippen molar-refractivity contribution in [3.8, 4) is 11.5 Å². The summed E-state index contributed by atoms with van der Waals surface area (Å²) in [5.74, 6) is 0.907. The molecule has 0 saturated carbocycles. The number of rotatable bonds is 4. The lowest BCUT2D eigenvalue weighted by molar-refractivity contribution is -0.384. The molecule has 1 amide bonds. The molecule has 0 aromatic heterocycles. The summed E-state index contributed by atoms with van der Waals surface area (Å²) >= 11 is 0. The minimum absolute atomic E-state index is 0.124. The summed E-state index contributed by atoms with van der Waals surface area (Å²) in [6, 6.07) is 12.6. The van der Waals surface area contributed by atoms with Gasteiger partial charge in [-0.1, -0.05) is 18.2 Å². The number of non-ortho nitro benzene ring substituents is 1. The van der Waals surface area contributed by atoms with E-state index in [1.807, 2.05) is 18.2 Å². The van der Waals surface area contributed by atoms with Crippen LogP contribution >= 0.6 is 0 Å². The first-order chi connectivity index (χ1) is 11.5. The summed E-state index contributed by atoms with van der Waals surface area (Å²) in [4.78, 5) is 22.6. The first-order valence-electron chi connectivity index (χ1n) is 7.48. The fraction of sp³-hybridized carbons (Fsp3) is 0.235. The third-order valence-corrected chi connectivity index (χ3v) is 3.77. The van der Waals surface area contributed by atoms with Crippen LogP contribution in [-0.2, 0) is 0 Å². The van der Waals surface area contributed by atoms with Crippen molar-refractivity contribution in [2.45, 2.75) is 19.1 Å². The van der Waals surface area contributed by atoms with Gasteiger partial charge < -0.3 is 14.8 Å². The summed E-state index contributed by atoms with van der Waals surface area (Å²) in [6.45, 7) is 2.12. The van der Waals surface area contributed by atoms with Crippen LogP contribution < -0.4 is 14.8 Å². The lowest BCUT2D eigenvalue weighted by Crippen LogP contribution is -2.48. The van der Waals surface area contributed by atoms with Crippen LogP contribution in [0.2, 0.25) is 0 Å². The summed E-state index contributed by atoms with van der Waals surface area (Å²) in [5.41, 5.74) is 0.106. The van der Waals surface area contributed by atoms with Crippen LogP contribution in [0, 0.1) is 10.1 Å². The van der Waals surface area contributed by atoms with Gasteiger partial charge in [-0.2, -0.15) is 0 Å². The standard InChI is InChI=1S/C17H16N2O5/c1-11(16-10-23-14-7-2-3-8-15(14)24-16)18-17(20)12-5-4-6-13(9-12)19(21)22/h2-9,11,16H,10H2,1H3,(H,18,20). The van der Waals surface area contributed by atoms with Crippen LogP contribution in [0.15, 0.2) is 48.5 Å². The number of amides is 1.